The highest BCUT2D eigenvalue weighted by Gasteiger charge is 2.34. The number of aliphatic hydroxyl groups is 1. The summed E-state index contributed by atoms with van der Waals surface area (Å²) in [6.45, 7) is 7.89. The summed E-state index contributed by atoms with van der Waals surface area (Å²) in [5.41, 5.74) is 0. The predicted octanol–water partition coefficient (Wildman–Crippen LogP) is 0.948. The molecule has 0 aromatic heterocycles. The van der Waals surface area contributed by atoms with Crippen molar-refractivity contribution in [2.24, 2.45) is 11.8 Å². The maximum Gasteiger partial charge on any atom is 0.228 e. The molecular formula is C14H26N2O2. The Kier molecular flexibility index (Phi) is 4.62. The van der Waals surface area contributed by atoms with E-state index in [2.05, 4.69) is 4.90 Å². The zero-order chi connectivity index (χ0) is 13.1. The molecule has 2 fully saturated rings. The molecular weight excluding hydrogens is 228 g/mol. The van der Waals surface area contributed by atoms with Gasteiger partial charge in [-0.15, -0.1) is 0 Å². The van der Waals surface area contributed by atoms with Crippen molar-refractivity contribution in [2.45, 2.75) is 39.2 Å². The fourth-order valence-electron chi connectivity index (χ4n) is 3.16. The first-order chi connectivity index (χ1) is 8.63. The Labute approximate surface area is 110 Å². The molecule has 1 N–H and O–H groups in total. The molecule has 2 heterocycles. The number of hydrogen-bond donors (Lipinski definition) is 1. The van der Waals surface area contributed by atoms with Crippen LogP contribution < -0.4 is 0 Å². The van der Waals surface area contributed by atoms with Crippen LogP contribution in [0.4, 0.5) is 0 Å². The maximum atomic E-state index is 12.4. The molecule has 2 atom stereocenters. The van der Waals surface area contributed by atoms with Crippen molar-refractivity contribution >= 4 is 5.91 Å². The summed E-state index contributed by atoms with van der Waals surface area (Å²) in [7, 11) is 0. The van der Waals surface area contributed by atoms with Gasteiger partial charge in [0.25, 0.3) is 0 Å². The molecule has 1 amide bonds. The van der Waals surface area contributed by atoms with Crippen molar-refractivity contribution in [3.8, 4) is 0 Å². The summed E-state index contributed by atoms with van der Waals surface area (Å²) in [5.74, 6) is 0.143. The number of hydrogen-bond acceptors (Lipinski definition) is 3. The van der Waals surface area contributed by atoms with Crippen molar-refractivity contribution in [1.29, 1.82) is 0 Å². The Morgan fingerprint density at radius 3 is 2.72 bits per heavy atom. The first-order valence-corrected chi connectivity index (χ1v) is 7.27. The van der Waals surface area contributed by atoms with Crippen LogP contribution >= 0.6 is 0 Å². The highest BCUT2D eigenvalue weighted by Crippen LogP contribution is 2.23. The van der Waals surface area contributed by atoms with Gasteiger partial charge >= 0.3 is 0 Å². The fourth-order valence-corrected chi connectivity index (χ4v) is 3.16. The Morgan fingerprint density at radius 1 is 1.28 bits per heavy atom. The summed E-state index contributed by atoms with van der Waals surface area (Å²) in [6, 6.07) is 0.558. The standard InChI is InChI=1S/C14H26N2O2/c1-11(2)13(10-17)14(18)16-8-7-15-6-4-3-5-12(15)9-16/h11-13,17H,3-10H2,1-2H3. The molecule has 0 bridgehead atoms. The van der Waals surface area contributed by atoms with Gasteiger partial charge in [-0.05, 0) is 25.3 Å². The molecule has 2 unspecified atom stereocenters. The highest BCUT2D eigenvalue weighted by molar-refractivity contribution is 5.79. The number of piperazine rings is 1. The molecule has 0 saturated carbocycles. The molecule has 4 nitrogen and oxygen atoms in total. The van der Waals surface area contributed by atoms with Crippen LogP contribution in [0.2, 0.25) is 0 Å². The van der Waals surface area contributed by atoms with Gasteiger partial charge in [0.2, 0.25) is 5.91 Å². The van der Waals surface area contributed by atoms with E-state index in [-0.39, 0.29) is 24.3 Å². The molecule has 0 aromatic carbocycles. The van der Waals surface area contributed by atoms with Gasteiger partial charge < -0.3 is 10.0 Å². The van der Waals surface area contributed by atoms with Crippen LogP contribution in [0.15, 0.2) is 0 Å². The largest absolute Gasteiger partial charge is 0.396 e. The van der Waals surface area contributed by atoms with Crippen LogP contribution in [0.25, 0.3) is 0 Å². The molecule has 0 aromatic rings. The summed E-state index contributed by atoms with van der Waals surface area (Å²) in [6.07, 6.45) is 3.81. The Bertz CT molecular complexity index is 294. The zero-order valence-corrected chi connectivity index (χ0v) is 11.6. The minimum atomic E-state index is -0.222. The van der Waals surface area contributed by atoms with Crippen molar-refractivity contribution in [3.05, 3.63) is 0 Å². The third-order valence-electron chi connectivity index (χ3n) is 4.47. The Balaban J connectivity index is 1.95. The minimum absolute atomic E-state index is 0.0264. The number of piperidine rings is 1. The van der Waals surface area contributed by atoms with Crippen molar-refractivity contribution < 1.29 is 9.90 Å². The van der Waals surface area contributed by atoms with Gasteiger partial charge in [0.15, 0.2) is 0 Å². The lowest BCUT2D eigenvalue weighted by Crippen LogP contribution is -2.57. The number of nitrogens with zero attached hydrogens (tertiary/aromatic N) is 2. The SMILES string of the molecule is CC(C)C(CO)C(=O)N1CCN2CCCCC2C1. The van der Waals surface area contributed by atoms with E-state index < -0.39 is 0 Å². The molecule has 2 rings (SSSR count). The van der Waals surface area contributed by atoms with Crippen LogP contribution in [-0.4, -0.2) is 59.6 Å². The summed E-state index contributed by atoms with van der Waals surface area (Å²) in [4.78, 5) is 16.9. The average molecular weight is 254 g/mol. The van der Waals surface area contributed by atoms with Gasteiger partial charge in [0.05, 0.1) is 12.5 Å². The third kappa shape index (κ3) is 2.86. The first kappa shape index (κ1) is 13.8. The number of carbonyl (C=O) groups is 1. The van der Waals surface area contributed by atoms with Gasteiger partial charge in [-0.1, -0.05) is 20.3 Å². The zero-order valence-electron chi connectivity index (χ0n) is 11.6. The molecule has 104 valence electrons. The molecule has 2 aliphatic heterocycles. The summed E-state index contributed by atoms with van der Waals surface area (Å²) >= 11 is 0. The second kappa shape index (κ2) is 6.02. The van der Waals surface area contributed by atoms with E-state index in [1.54, 1.807) is 0 Å². The lowest BCUT2D eigenvalue weighted by atomic mass is 9.93. The van der Waals surface area contributed by atoms with Gasteiger partial charge in [0.1, 0.15) is 0 Å². The first-order valence-electron chi connectivity index (χ1n) is 7.27. The van der Waals surface area contributed by atoms with Gasteiger partial charge in [-0.25, -0.2) is 0 Å². The van der Waals surface area contributed by atoms with E-state index in [0.29, 0.717) is 6.04 Å². The average Bonchev–Trinajstić information content (AvgIpc) is 2.38. The molecule has 2 saturated heterocycles. The van der Waals surface area contributed by atoms with E-state index in [1.165, 1.54) is 25.8 Å². The Hall–Kier alpha value is -0.610. The van der Waals surface area contributed by atoms with E-state index in [9.17, 15) is 9.90 Å². The minimum Gasteiger partial charge on any atom is -0.396 e. The second-order valence-corrected chi connectivity index (χ2v) is 6.00. The molecule has 18 heavy (non-hydrogen) atoms. The van der Waals surface area contributed by atoms with Gasteiger partial charge in [-0.3, -0.25) is 9.69 Å². The van der Waals surface area contributed by atoms with E-state index in [4.69, 9.17) is 0 Å². The lowest BCUT2D eigenvalue weighted by molar-refractivity contribution is -0.142. The fraction of sp³-hybridized carbons (Fsp3) is 0.929. The van der Waals surface area contributed by atoms with Crippen molar-refractivity contribution in [3.63, 3.8) is 0 Å². The van der Waals surface area contributed by atoms with Crippen molar-refractivity contribution in [2.75, 3.05) is 32.8 Å². The molecule has 0 aliphatic carbocycles. The topological polar surface area (TPSA) is 43.8 Å². The molecule has 2 aliphatic rings. The molecule has 0 radical (unpaired) electrons. The molecule has 0 spiro atoms. The molecule has 4 heteroatoms. The van der Waals surface area contributed by atoms with E-state index >= 15 is 0 Å². The van der Waals surface area contributed by atoms with Gasteiger partial charge in [-0.2, -0.15) is 0 Å². The summed E-state index contributed by atoms with van der Waals surface area (Å²) < 4.78 is 0. The number of rotatable bonds is 3. The monoisotopic (exact) mass is 254 g/mol. The van der Waals surface area contributed by atoms with Crippen LogP contribution in [0.3, 0.4) is 0 Å². The van der Waals surface area contributed by atoms with Crippen LogP contribution in [-0.2, 0) is 4.79 Å². The van der Waals surface area contributed by atoms with Crippen LogP contribution in [0.1, 0.15) is 33.1 Å². The van der Waals surface area contributed by atoms with E-state index in [1.807, 2.05) is 18.7 Å². The number of fused-ring (bicyclic) bond motifs is 1. The van der Waals surface area contributed by atoms with Gasteiger partial charge in [0, 0.05) is 25.7 Å². The van der Waals surface area contributed by atoms with Crippen LogP contribution in [0, 0.1) is 11.8 Å². The lowest BCUT2D eigenvalue weighted by Gasteiger charge is -2.45. The van der Waals surface area contributed by atoms with E-state index in [0.717, 1.165) is 19.6 Å². The van der Waals surface area contributed by atoms with Crippen LogP contribution in [0.5, 0.6) is 0 Å². The number of amides is 1. The quantitative estimate of drug-likeness (QED) is 0.815. The predicted molar refractivity (Wildman–Crippen MR) is 71.2 cm³/mol. The maximum absolute atomic E-state index is 12.4. The van der Waals surface area contributed by atoms with Crippen molar-refractivity contribution in [1.82, 2.24) is 9.80 Å². The Morgan fingerprint density at radius 2 is 2.06 bits per heavy atom. The number of carbonyl (C=O) groups excluding carboxylic acids is 1. The number of aliphatic hydroxyl groups excluding tert-OH is 1. The normalized spacial score (nSPS) is 27.1. The third-order valence-corrected chi connectivity index (χ3v) is 4.47. The smallest absolute Gasteiger partial charge is 0.228 e. The second-order valence-electron chi connectivity index (χ2n) is 6.00. The highest BCUT2D eigenvalue weighted by atomic mass is 16.3. The summed E-state index contributed by atoms with van der Waals surface area (Å²) in [5, 5.41) is 9.37.